The van der Waals surface area contributed by atoms with Gasteiger partial charge in [0, 0.05) is 12.7 Å². The fourth-order valence-corrected chi connectivity index (χ4v) is 2.46. The van der Waals surface area contributed by atoms with Crippen LogP contribution in [-0.4, -0.2) is 17.4 Å². The van der Waals surface area contributed by atoms with Crippen LogP contribution in [0.2, 0.25) is 0 Å². The standard InChI is InChI=1S/C20H21N3O2/c24-20(21-12-4-8-16-6-2-1-3-7-16)17-10-11-19(22-14-17)23-15-18-9-5-13-25-18/h1-3,5-7,9-11,13-14H,4,8,12,15H2,(H,21,24)(H,22,23). The van der Waals surface area contributed by atoms with E-state index in [0.717, 1.165) is 18.6 Å². The van der Waals surface area contributed by atoms with E-state index < -0.39 is 0 Å². The number of amides is 1. The molecule has 0 unspecified atom stereocenters. The summed E-state index contributed by atoms with van der Waals surface area (Å²) in [7, 11) is 0. The minimum atomic E-state index is -0.0989. The fraction of sp³-hybridized carbons (Fsp3) is 0.200. The van der Waals surface area contributed by atoms with Gasteiger partial charge in [0.2, 0.25) is 0 Å². The Hall–Kier alpha value is -3.08. The first-order chi connectivity index (χ1) is 12.3. The Morgan fingerprint density at radius 3 is 2.64 bits per heavy atom. The van der Waals surface area contributed by atoms with Crippen LogP contribution in [0.25, 0.3) is 0 Å². The van der Waals surface area contributed by atoms with Crippen molar-refractivity contribution >= 4 is 11.7 Å². The molecule has 128 valence electrons. The molecule has 0 saturated carbocycles. The molecule has 2 aromatic heterocycles. The maximum absolute atomic E-state index is 12.1. The largest absolute Gasteiger partial charge is 0.467 e. The summed E-state index contributed by atoms with van der Waals surface area (Å²) in [6.45, 7) is 1.21. The van der Waals surface area contributed by atoms with Crippen LogP contribution in [0.15, 0.2) is 71.5 Å². The van der Waals surface area contributed by atoms with Crippen molar-refractivity contribution in [2.45, 2.75) is 19.4 Å². The summed E-state index contributed by atoms with van der Waals surface area (Å²) in [4.78, 5) is 16.4. The van der Waals surface area contributed by atoms with Crippen LogP contribution in [0.4, 0.5) is 5.82 Å². The zero-order chi connectivity index (χ0) is 17.3. The van der Waals surface area contributed by atoms with Crippen molar-refractivity contribution in [2.24, 2.45) is 0 Å². The van der Waals surface area contributed by atoms with Gasteiger partial charge in [-0.25, -0.2) is 4.98 Å². The van der Waals surface area contributed by atoms with E-state index in [1.54, 1.807) is 24.6 Å². The molecular weight excluding hydrogens is 314 g/mol. The summed E-state index contributed by atoms with van der Waals surface area (Å²) in [5, 5.41) is 6.08. The van der Waals surface area contributed by atoms with Gasteiger partial charge in [-0.1, -0.05) is 30.3 Å². The Bertz CT molecular complexity index is 768. The molecule has 2 heterocycles. The predicted octanol–water partition coefficient (Wildman–Crippen LogP) is 3.65. The lowest BCUT2D eigenvalue weighted by atomic mass is 10.1. The molecule has 3 aromatic rings. The number of nitrogens with one attached hydrogen (secondary N) is 2. The van der Waals surface area contributed by atoms with Gasteiger partial charge in [-0.05, 0) is 42.7 Å². The summed E-state index contributed by atoms with van der Waals surface area (Å²) in [6.07, 6.45) is 5.08. The molecule has 1 amide bonds. The van der Waals surface area contributed by atoms with Crippen molar-refractivity contribution in [3.8, 4) is 0 Å². The number of rotatable bonds is 8. The van der Waals surface area contributed by atoms with E-state index >= 15 is 0 Å². The van der Waals surface area contributed by atoms with Crippen molar-refractivity contribution in [1.29, 1.82) is 0 Å². The van der Waals surface area contributed by atoms with Crippen molar-refractivity contribution in [2.75, 3.05) is 11.9 Å². The summed E-state index contributed by atoms with van der Waals surface area (Å²) < 4.78 is 5.25. The van der Waals surface area contributed by atoms with E-state index in [4.69, 9.17) is 4.42 Å². The van der Waals surface area contributed by atoms with Crippen molar-refractivity contribution in [3.05, 3.63) is 83.9 Å². The number of aryl methyl sites for hydroxylation is 1. The van der Waals surface area contributed by atoms with Gasteiger partial charge in [0.25, 0.3) is 5.91 Å². The molecule has 5 nitrogen and oxygen atoms in total. The van der Waals surface area contributed by atoms with E-state index in [1.165, 1.54) is 5.56 Å². The van der Waals surface area contributed by atoms with Crippen molar-refractivity contribution in [1.82, 2.24) is 10.3 Å². The lowest BCUT2D eigenvalue weighted by Crippen LogP contribution is -2.24. The smallest absolute Gasteiger partial charge is 0.252 e. The number of furan rings is 1. The molecule has 0 saturated heterocycles. The average Bonchev–Trinajstić information content (AvgIpc) is 3.18. The third-order valence-corrected chi connectivity index (χ3v) is 3.82. The number of anilines is 1. The van der Waals surface area contributed by atoms with E-state index in [-0.39, 0.29) is 5.91 Å². The van der Waals surface area contributed by atoms with Crippen LogP contribution in [0.3, 0.4) is 0 Å². The fourth-order valence-electron chi connectivity index (χ4n) is 2.46. The molecule has 0 atom stereocenters. The van der Waals surface area contributed by atoms with Gasteiger partial charge >= 0.3 is 0 Å². The van der Waals surface area contributed by atoms with E-state index in [2.05, 4.69) is 27.8 Å². The average molecular weight is 335 g/mol. The first kappa shape index (κ1) is 16.8. The number of hydrogen-bond donors (Lipinski definition) is 2. The van der Waals surface area contributed by atoms with E-state index in [9.17, 15) is 4.79 Å². The van der Waals surface area contributed by atoms with E-state index in [0.29, 0.717) is 24.5 Å². The van der Waals surface area contributed by atoms with Gasteiger partial charge in [0.1, 0.15) is 11.6 Å². The van der Waals surface area contributed by atoms with Crippen molar-refractivity contribution in [3.63, 3.8) is 0 Å². The highest BCUT2D eigenvalue weighted by atomic mass is 16.3. The molecule has 0 spiro atoms. The van der Waals surface area contributed by atoms with Crippen LogP contribution in [-0.2, 0) is 13.0 Å². The van der Waals surface area contributed by atoms with Crippen LogP contribution in [0.5, 0.6) is 0 Å². The van der Waals surface area contributed by atoms with Gasteiger partial charge in [-0.3, -0.25) is 4.79 Å². The second-order valence-corrected chi connectivity index (χ2v) is 5.71. The van der Waals surface area contributed by atoms with Gasteiger partial charge in [0.05, 0.1) is 18.4 Å². The number of carbonyl (C=O) groups excluding carboxylic acids is 1. The molecular formula is C20H21N3O2. The van der Waals surface area contributed by atoms with Crippen LogP contribution >= 0.6 is 0 Å². The molecule has 2 N–H and O–H groups in total. The third-order valence-electron chi connectivity index (χ3n) is 3.82. The van der Waals surface area contributed by atoms with Gasteiger partial charge in [-0.2, -0.15) is 0 Å². The second kappa shape index (κ2) is 8.68. The topological polar surface area (TPSA) is 67.2 Å². The van der Waals surface area contributed by atoms with Crippen LogP contribution in [0, 0.1) is 0 Å². The predicted molar refractivity (Wildman–Crippen MR) is 97.4 cm³/mol. The molecule has 25 heavy (non-hydrogen) atoms. The molecule has 0 bridgehead atoms. The monoisotopic (exact) mass is 335 g/mol. The quantitative estimate of drug-likeness (QED) is 0.617. The first-order valence-corrected chi connectivity index (χ1v) is 8.36. The number of hydrogen-bond acceptors (Lipinski definition) is 4. The van der Waals surface area contributed by atoms with Gasteiger partial charge in [-0.15, -0.1) is 0 Å². The number of pyridine rings is 1. The van der Waals surface area contributed by atoms with E-state index in [1.807, 2.05) is 30.3 Å². The summed E-state index contributed by atoms with van der Waals surface area (Å²) >= 11 is 0. The normalized spacial score (nSPS) is 10.4. The SMILES string of the molecule is O=C(NCCCc1ccccc1)c1ccc(NCc2ccco2)nc1. The number of benzene rings is 1. The Morgan fingerprint density at radius 2 is 1.92 bits per heavy atom. The number of nitrogens with zero attached hydrogens (tertiary/aromatic N) is 1. The lowest BCUT2D eigenvalue weighted by Gasteiger charge is -2.07. The Kier molecular flexibility index (Phi) is 5.82. The molecule has 1 aromatic carbocycles. The maximum atomic E-state index is 12.1. The summed E-state index contributed by atoms with van der Waals surface area (Å²) in [6, 6.07) is 17.6. The Balaban J connectivity index is 1.41. The summed E-state index contributed by atoms with van der Waals surface area (Å²) in [5.74, 6) is 1.44. The van der Waals surface area contributed by atoms with Crippen LogP contribution < -0.4 is 10.6 Å². The molecule has 0 aliphatic carbocycles. The zero-order valence-corrected chi connectivity index (χ0v) is 13.9. The Labute approximate surface area is 147 Å². The Morgan fingerprint density at radius 1 is 1.04 bits per heavy atom. The third kappa shape index (κ3) is 5.21. The minimum absolute atomic E-state index is 0.0989. The number of carbonyl (C=O) groups is 1. The highest BCUT2D eigenvalue weighted by Gasteiger charge is 2.06. The second-order valence-electron chi connectivity index (χ2n) is 5.71. The van der Waals surface area contributed by atoms with Gasteiger partial charge in [0.15, 0.2) is 0 Å². The zero-order valence-electron chi connectivity index (χ0n) is 13.9. The maximum Gasteiger partial charge on any atom is 0.252 e. The first-order valence-electron chi connectivity index (χ1n) is 8.36. The number of aromatic nitrogens is 1. The molecule has 3 rings (SSSR count). The molecule has 0 radical (unpaired) electrons. The molecule has 5 heteroatoms. The highest BCUT2D eigenvalue weighted by Crippen LogP contribution is 2.08. The molecule has 0 fully saturated rings. The van der Waals surface area contributed by atoms with Crippen LogP contribution in [0.1, 0.15) is 28.1 Å². The lowest BCUT2D eigenvalue weighted by molar-refractivity contribution is 0.0953. The highest BCUT2D eigenvalue weighted by molar-refractivity contribution is 5.94. The van der Waals surface area contributed by atoms with Crippen molar-refractivity contribution < 1.29 is 9.21 Å². The summed E-state index contributed by atoms with van der Waals surface area (Å²) in [5.41, 5.74) is 1.84. The minimum Gasteiger partial charge on any atom is -0.467 e. The van der Waals surface area contributed by atoms with Gasteiger partial charge < -0.3 is 15.1 Å². The molecule has 0 aliphatic heterocycles. The molecule has 0 aliphatic rings.